The van der Waals surface area contributed by atoms with Crippen LogP contribution in [0.2, 0.25) is 0 Å². The average molecular weight is 351 g/mol. The summed E-state index contributed by atoms with van der Waals surface area (Å²) in [6.45, 7) is 9.11. The predicted octanol–water partition coefficient (Wildman–Crippen LogP) is 5.30. The topological polar surface area (TPSA) is 12.9 Å². The molecule has 3 heteroatoms. The molecule has 0 saturated heterocycles. The zero-order valence-corrected chi connectivity index (χ0v) is 13.7. The summed E-state index contributed by atoms with van der Waals surface area (Å²) in [6.07, 6.45) is 6.36. The maximum Gasteiger partial charge on any atom is 0.0737 e. The summed E-state index contributed by atoms with van der Waals surface area (Å²) in [5, 5.41) is 0. The molecular formula is C13H22INS. The highest BCUT2D eigenvalue weighted by Crippen LogP contribution is 2.38. The highest BCUT2D eigenvalue weighted by atomic mass is 127. The second kappa shape index (κ2) is 6.34. The Labute approximate surface area is 117 Å². The van der Waals surface area contributed by atoms with E-state index in [-0.39, 0.29) is 0 Å². The van der Waals surface area contributed by atoms with Crippen LogP contribution in [0.3, 0.4) is 0 Å². The fourth-order valence-corrected chi connectivity index (χ4v) is 4.16. The van der Waals surface area contributed by atoms with Gasteiger partial charge in [0.1, 0.15) is 0 Å². The Morgan fingerprint density at radius 2 is 1.94 bits per heavy atom. The van der Waals surface area contributed by atoms with Gasteiger partial charge in [-0.15, -0.1) is 0 Å². The Kier molecular flexibility index (Phi) is 5.71. The standard InChI is InChI=1S/C13H22INS/c1-5-7-9-13(4,8-6-2)12-11(14)10(3)16-15-12/h5-9H2,1-4H3. The summed E-state index contributed by atoms with van der Waals surface area (Å²) < 4.78 is 6.09. The van der Waals surface area contributed by atoms with Crippen LogP contribution in [-0.2, 0) is 5.41 Å². The van der Waals surface area contributed by atoms with Gasteiger partial charge in [0.2, 0.25) is 0 Å². The number of aryl methyl sites for hydroxylation is 1. The minimum atomic E-state index is 0.298. The highest BCUT2D eigenvalue weighted by Gasteiger charge is 2.30. The summed E-state index contributed by atoms with van der Waals surface area (Å²) in [6, 6.07) is 0. The number of rotatable bonds is 6. The van der Waals surface area contributed by atoms with Crippen molar-refractivity contribution >= 4 is 34.1 Å². The van der Waals surface area contributed by atoms with Crippen LogP contribution in [0, 0.1) is 10.5 Å². The van der Waals surface area contributed by atoms with Crippen LogP contribution >= 0.6 is 34.1 Å². The fraction of sp³-hybridized carbons (Fsp3) is 0.769. The lowest BCUT2D eigenvalue weighted by atomic mass is 9.78. The SMILES string of the molecule is CCCCC(C)(CCC)c1nsc(C)c1I. The van der Waals surface area contributed by atoms with Crippen LogP contribution in [-0.4, -0.2) is 4.37 Å². The first-order valence-corrected chi connectivity index (χ1v) is 8.02. The Bertz CT molecular complexity index is 335. The van der Waals surface area contributed by atoms with E-state index in [1.54, 1.807) is 11.5 Å². The first kappa shape index (κ1) is 14.4. The summed E-state index contributed by atoms with van der Waals surface area (Å²) in [5.74, 6) is 0. The molecule has 0 spiro atoms. The van der Waals surface area contributed by atoms with Gasteiger partial charge in [-0.05, 0) is 53.9 Å². The van der Waals surface area contributed by atoms with E-state index in [1.165, 1.54) is 46.2 Å². The molecule has 0 N–H and O–H groups in total. The van der Waals surface area contributed by atoms with Gasteiger partial charge in [-0.25, -0.2) is 0 Å². The van der Waals surface area contributed by atoms with Crippen LogP contribution in [0.25, 0.3) is 0 Å². The average Bonchev–Trinajstić information content (AvgIpc) is 2.58. The van der Waals surface area contributed by atoms with Gasteiger partial charge in [0.05, 0.1) is 9.26 Å². The Balaban J connectivity index is 2.96. The van der Waals surface area contributed by atoms with Crippen LogP contribution < -0.4 is 0 Å². The Morgan fingerprint density at radius 3 is 2.38 bits per heavy atom. The summed E-state index contributed by atoms with van der Waals surface area (Å²) >= 11 is 4.12. The van der Waals surface area contributed by atoms with E-state index in [1.807, 2.05) is 0 Å². The summed E-state index contributed by atoms with van der Waals surface area (Å²) in [7, 11) is 0. The van der Waals surface area contributed by atoms with E-state index in [0.29, 0.717) is 5.41 Å². The molecule has 1 rings (SSSR count). The number of hydrogen-bond donors (Lipinski definition) is 0. The Morgan fingerprint density at radius 1 is 1.25 bits per heavy atom. The van der Waals surface area contributed by atoms with Crippen molar-refractivity contribution in [1.29, 1.82) is 0 Å². The fourth-order valence-electron chi connectivity index (χ4n) is 2.22. The predicted molar refractivity (Wildman–Crippen MR) is 81.4 cm³/mol. The maximum atomic E-state index is 4.69. The second-order valence-electron chi connectivity index (χ2n) is 4.82. The van der Waals surface area contributed by atoms with Crippen molar-refractivity contribution in [1.82, 2.24) is 4.37 Å². The summed E-state index contributed by atoms with van der Waals surface area (Å²) in [4.78, 5) is 1.37. The normalized spacial score (nSPS) is 15.1. The van der Waals surface area contributed by atoms with E-state index >= 15 is 0 Å². The van der Waals surface area contributed by atoms with Gasteiger partial charge in [0.15, 0.2) is 0 Å². The smallest absolute Gasteiger partial charge is 0.0737 e. The molecule has 1 nitrogen and oxygen atoms in total. The van der Waals surface area contributed by atoms with E-state index in [0.717, 1.165) is 0 Å². The van der Waals surface area contributed by atoms with Crippen molar-refractivity contribution in [2.45, 2.75) is 65.2 Å². The minimum Gasteiger partial charge on any atom is -0.196 e. The van der Waals surface area contributed by atoms with Gasteiger partial charge >= 0.3 is 0 Å². The minimum absolute atomic E-state index is 0.298. The molecule has 1 aromatic rings. The monoisotopic (exact) mass is 351 g/mol. The van der Waals surface area contributed by atoms with E-state index in [2.05, 4.69) is 50.3 Å². The molecule has 92 valence electrons. The molecule has 0 amide bonds. The highest BCUT2D eigenvalue weighted by molar-refractivity contribution is 14.1. The largest absolute Gasteiger partial charge is 0.196 e. The molecule has 1 aromatic heterocycles. The third-order valence-corrected chi connectivity index (χ3v) is 5.68. The van der Waals surface area contributed by atoms with Gasteiger partial charge < -0.3 is 0 Å². The molecule has 1 unspecified atom stereocenters. The molecule has 16 heavy (non-hydrogen) atoms. The van der Waals surface area contributed by atoms with E-state index < -0.39 is 0 Å². The van der Waals surface area contributed by atoms with Crippen molar-refractivity contribution in [3.05, 3.63) is 14.1 Å². The van der Waals surface area contributed by atoms with Crippen LogP contribution in [0.4, 0.5) is 0 Å². The molecule has 0 aliphatic heterocycles. The van der Waals surface area contributed by atoms with Crippen molar-refractivity contribution in [2.75, 3.05) is 0 Å². The molecular weight excluding hydrogens is 329 g/mol. The first-order chi connectivity index (χ1) is 7.55. The zero-order valence-electron chi connectivity index (χ0n) is 10.8. The van der Waals surface area contributed by atoms with Gasteiger partial charge in [-0.2, -0.15) is 4.37 Å². The van der Waals surface area contributed by atoms with Crippen molar-refractivity contribution in [2.24, 2.45) is 0 Å². The quantitative estimate of drug-likeness (QED) is 0.634. The third kappa shape index (κ3) is 3.19. The van der Waals surface area contributed by atoms with Crippen molar-refractivity contribution < 1.29 is 0 Å². The second-order valence-corrected chi connectivity index (χ2v) is 6.87. The van der Waals surface area contributed by atoms with Crippen LogP contribution in [0.15, 0.2) is 0 Å². The molecule has 0 bridgehead atoms. The Hall–Kier alpha value is 0.360. The molecule has 0 aliphatic carbocycles. The van der Waals surface area contributed by atoms with E-state index in [4.69, 9.17) is 4.37 Å². The first-order valence-electron chi connectivity index (χ1n) is 6.17. The number of aromatic nitrogens is 1. The molecule has 0 radical (unpaired) electrons. The van der Waals surface area contributed by atoms with Gasteiger partial charge in [0, 0.05) is 10.3 Å². The zero-order chi connectivity index (χ0) is 12.2. The maximum absolute atomic E-state index is 4.69. The number of hydrogen-bond acceptors (Lipinski definition) is 2. The van der Waals surface area contributed by atoms with E-state index in [9.17, 15) is 0 Å². The van der Waals surface area contributed by atoms with Gasteiger partial charge in [-0.1, -0.05) is 40.0 Å². The molecule has 0 aromatic carbocycles. The van der Waals surface area contributed by atoms with Crippen LogP contribution in [0.5, 0.6) is 0 Å². The van der Waals surface area contributed by atoms with Crippen molar-refractivity contribution in [3.63, 3.8) is 0 Å². The molecule has 1 atom stereocenters. The van der Waals surface area contributed by atoms with Gasteiger partial charge in [0.25, 0.3) is 0 Å². The lowest BCUT2D eigenvalue weighted by Gasteiger charge is -2.28. The number of nitrogens with zero attached hydrogens (tertiary/aromatic N) is 1. The number of halogens is 1. The molecule has 1 heterocycles. The lowest BCUT2D eigenvalue weighted by molar-refractivity contribution is 0.374. The molecule has 0 fully saturated rings. The lowest BCUT2D eigenvalue weighted by Crippen LogP contribution is -2.23. The van der Waals surface area contributed by atoms with Crippen LogP contribution in [0.1, 0.15) is 63.4 Å². The molecule has 0 saturated carbocycles. The van der Waals surface area contributed by atoms with Crippen molar-refractivity contribution in [3.8, 4) is 0 Å². The third-order valence-electron chi connectivity index (χ3n) is 3.25. The summed E-state index contributed by atoms with van der Waals surface area (Å²) in [5.41, 5.74) is 1.65. The number of unbranched alkanes of at least 4 members (excludes halogenated alkanes) is 1. The van der Waals surface area contributed by atoms with Gasteiger partial charge in [-0.3, -0.25) is 0 Å². The molecule has 0 aliphatic rings.